The van der Waals surface area contributed by atoms with Crippen LogP contribution in [0.4, 0.5) is 5.69 Å². The Morgan fingerprint density at radius 1 is 1.09 bits per heavy atom. The first kappa shape index (κ1) is 16.0. The number of hydrogen-bond donors (Lipinski definition) is 1. The van der Waals surface area contributed by atoms with Crippen molar-refractivity contribution in [1.29, 1.82) is 5.26 Å². The van der Waals surface area contributed by atoms with E-state index in [9.17, 15) is 0 Å². The zero-order chi connectivity index (χ0) is 15.9. The highest BCUT2D eigenvalue weighted by atomic mass is 35.5. The van der Waals surface area contributed by atoms with Gasteiger partial charge in [-0.15, -0.1) is 0 Å². The van der Waals surface area contributed by atoms with E-state index in [1.54, 1.807) is 26.4 Å². The molecule has 0 bridgehead atoms. The smallest absolute Gasteiger partial charge is 0.160 e. The van der Waals surface area contributed by atoms with E-state index in [1.165, 1.54) is 0 Å². The molecule has 22 heavy (non-hydrogen) atoms. The van der Waals surface area contributed by atoms with E-state index in [4.69, 9.17) is 26.3 Å². The molecule has 0 unspecified atom stereocenters. The number of halogens is 1. The molecule has 2 aromatic carbocycles. The number of benzene rings is 2. The van der Waals surface area contributed by atoms with Gasteiger partial charge in [0.25, 0.3) is 0 Å². The number of ether oxygens (including phenoxy) is 2. The fraction of sp³-hybridized carbons (Fsp3) is 0.235. The highest BCUT2D eigenvalue weighted by Gasteiger charge is 2.05. The highest BCUT2D eigenvalue weighted by Crippen LogP contribution is 2.27. The fourth-order valence-electron chi connectivity index (χ4n) is 2.14. The molecule has 0 fully saturated rings. The molecule has 1 N–H and O–H groups in total. The van der Waals surface area contributed by atoms with Gasteiger partial charge < -0.3 is 14.8 Å². The number of hydrogen-bond acceptors (Lipinski definition) is 4. The lowest BCUT2D eigenvalue weighted by molar-refractivity contribution is 0.354. The molecule has 2 aromatic rings. The van der Waals surface area contributed by atoms with Crippen molar-refractivity contribution in [3.8, 4) is 17.6 Å². The van der Waals surface area contributed by atoms with Crippen LogP contribution in [0.5, 0.6) is 11.5 Å². The van der Waals surface area contributed by atoms with E-state index in [2.05, 4.69) is 11.4 Å². The number of anilines is 1. The molecule has 0 amide bonds. The largest absolute Gasteiger partial charge is 0.493 e. The molecule has 114 valence electrons. The molecule has 4 nitrogen and oxygen atoms in total. The van der Waals surface area contributed by atoms with Gasteiger partial charge >= 0.3 is 0 Å². The Hall–Kier alpha value is -2.38. The van der Waals surface area contributed by atoms with Gasteiger partial charge in [0.2, 0.25) is 0 Å². The van der Waals surface area contributed by atoms with Crippen LogP contribution < -0.4 is 14.8 Å². The van der Waals surface area contributed by atoms with Crippen molar-refractivity contribution >= 4 is 17.3 Å². The quantitative estimate of drug-likeness (QED) is 0.878. The maximum Gasteiger partial charge on any atom is 0.160 e. The number of nitriles is 1. The molecule has 0 aromatic heterocycles. The van der Waals surface area contributed by atoms with Crippen molar-refractivity contribution in [2.24, 2.45) is 0 Å². The minimum Gasteiger partial charge on any atom is -0.493 e. The molecule has 0 aliphatic rings. The minimum absolute atomic E-state index is 0.541. The molecular formula is C17H17ClN2O2. The van der Waals surface area contributed by atoms with Crippen molar-refractivity contribution < 1.29 is 9.47 Å². The van der Waals surface area contributed by atoms with E-state index in [-0.39, 0.29) is 0 Å². The first-order valence-electron chi connectivity index (χ1n) is 6.82. The average Bonchev–Trinajstić information content (AvgIpc) is 2.55. The Morgan fingerprint density at radius 3 is 2.55 bits per heavy atom. The molecule has 0 spiro atoms. The fourth-order valence-corrected chi connectivity index (χ4v) is 2.31. The summed E-state index contributed by atoms with van der Waals surface area (Å²) in [6, 6.07) is 13.2. The Morgan fingerprint density at radius 2 is 1.86 bits per heavy atom. The van der Waals surface area contributed by atoms with Crippen LogP contribution in [-0.2, 0) is 6.42 Å². The number of nitrogens with one attached hydrogen (secondary N) is 1. The van der Waals surface area contributed by atoms with E-state index in [0.717, 1.165) is 17.7 Å². The van der Waals surface area contributed by atoms with Crippen molar-refractivity contribution in [3.63, 3.8) is 0 Å². The normalized spacial score (nSPS) is 9.91. The monoisotopic (exact) mass is 316 g/mol. The van der Waals surface area contributed by atoms with Crippen LogP contribution in [0.2, 0.25) is 5.02 Å². The first-order chi connectivity index (χ1) is 10.7. The van der Waals surface area contributed by atoms with Crippen molar-refractivity contribution in [1.82, 2.24) is 0 Å². The summed E-state index contributed by atoms with van der Waals surface area (Å²) in [7, 11) is 3.23. The van der Waals surface area contributed by atoms with Gasteiger partial charge in [0, 0.05) is 11.6 Å². The maximum absolute atomic E-state index is 9.11. The first-order valence-corrected chi connectivity index (χ1v) is 7.20. The Labute approximate surface area is 135 Å². The van der Waals surface area contributed by atoms with Crippen LogP contribution >= 0.6 is 11.6 Å². The van der Waals surface area contributed by atoms with Crippen LogP contribution in [0.1, 0.15) is 11.1 Å². The van der Waals surface area contributed by atoms with Crippen LogP contribution in [0.3, 0.4) is 0 Å². The van der Waals surface area contributed by atoms with E-state index < -0.39 is 0 Å². The third-order valence-electron chi connectivity index (χ3n) is 3.28. The summed E-state index contributed by atoms with van der Waals surface area (Å²) in [6.07, 6.45) is 0.799. The SMILES string of the molecule is COc1ccc(CCNc2ccc(Cl)cc2C#N)cc1OC. The molecule has 2 rings (SSSR count). The van der Waals surface area contributed by atoms with Crippen LogP contribution in [0, 0.1) is 11.3 Å². The summed E-state index contributed by atoms with van der Waals surface area (Å²) in [6.45, 7) is 0.700. The summed E-state index contributed by atoms with van der Waals surface area (Å²) >= 11 is 5.88. The lowest BCUT2D eigenvalue weighted by Gasteiger charge is -2.11. The minimum atomic E-state index is 0.541. The van der Waals surface area contributed by atoms with Gasteiger partial charge in [-0.3, -0.25) is 0 Å². The number of rotatable bonds is 6. The third kappa shape index (κ3) is 3.84. The number of nitrogens with zero attached hydrogens (tertiary/aromatic N) is 1. The second kappa shape index (κ2) is 7.58. The van der Waals surface area contributed by atoms with Gasteiger partial charge in [-0.25, -0.2) is 0 Å². The van der Waals surface area contributed by atoms with Crippen molar-refractivity contribution in [2.75, 3.05) is 26.1 Å². The molecule has 0 saturated carbocycles. The lowest BCUT2D eigenvalue weighted by Crippen LogP contribution is -2.06. The second-order valence-corrected chi connectivity index (χ2v) is 5.10. The van der Waals surface area contributed by atoms with E-state index >= 15 is 0 Å². The zero-order valence-electron chi connectivity index (χ0n) is 12.5. The van der Waals surface area contributed by atoms with Crippen LogP contribution in [-0.4, -0.2) is 20.8 Å². The van der Waals surface area contributed by atoms with Crippen LogP contribution in [0.15, 0.2) is 36.4 Å². The molecule has 0 saturated heterocycles. The van der Waals surface area contributed by atoms with E-state index in [1.807, 2.05) is 24.3 Å². The number of methoxy groups -OCH3 is 2. The molecule has 0 aliphatic heterocycles. The average molecular weight is 317 g/mol. The zero-order valence-corrected chi connectivity index (χ0v) is 13.3. The summed E-state index contributed by atoms with van der Waals surface area (Å²) in [5.41, 5.74) is 2.45. The molecule has 0 heterocycles. The second-order valence-electron chi connectivity index (χ2n) is 4.67. The molecule has 0 atom stereocenters. The summed E-state index contributed by atoms with van der Waals surface area (Å²) in [5.74, 6) is 1.42. The molecule has 0 radical (unpaired) electrons. The maximum atomic E-state index is 9.11. The molecular weight excluding hydrogens is 300 g/mol. The summed E-state index contributed by atoms with van der Waals surface area (Å²) in [5, 5.41) is 12.9. The predicted molar refractivity (Wildman–Crippen MR) is 87.9 cm³/mol. The molecule has 5 heteroatoms. The molecule has 0 aliphatic carbocycles. The van der Waals surface area contributed by atoms with Gasteiger partial charge in [0.05, 0.1) is 25.5 Å². The summed E-state index contributed by atoms with van der Waals surface area (Å²) in [4.78, 5) is 0. The highest BCUT2D eigenvalue weighted by molar-refractivity contribution is 6.30. The lowest BCUT2D eigenvalue weighted by atomic mass is 10.1. The Bertz CT molecular complexity index is 696. The van der Waals surface area contributed by atoms with Gasteiger partial charge in [0.15, 0.2) is 11.5 Å². The van der Waals surface area contributed by atoms with Gasteiger partial charge in [-0.2, -0.15) is 5.26 Å². The summed E-state index contributed by atoms with van der Waals surface area (Å²) < 4.78 is 10.5. The van der Waals surface area contributed by atoms with Crippen molar-refractivity contribution in [2.45, 2.75) is 6.42 Å². The predicted octanol–water partition coefficient (Wildman–Crippen LogP) is 3.88. The van der Waals surface area contributed by atoms with Crippen molar-refractivity contribution in [3.05, 3.63) is 52.5 Å². The van der Waals surface area contributed by atoms with Crippen LogP contribution in [0.25, 0.3) is 0 Å². The topological polar surface area (TPSA) is 54.3 Å². The van der Waals surface area contributed by atoms with Gasteiger partial charge in [-0.1, -0.05) is 17.7 Å². The third-order valence-corrected chi connectivity index (χ3v) is 3.51. The van der Waals surface area contributed by atoms with Gasteiger partial charge in [-0.05, 0) is 42.3 Å². The van der Waals surface area contributed by atoms with Gasteiger partial charge in [0.1, 0.15) is 6.07 Å². The Kier molecular flexibility index (Phi) is 5.51. The Balaban J connectivity index is 2.01. The van der Waals surface area contributed by atoms with E-state index in [0.29, 0.717) is 28.6 Å². The standard InChI is InChI=1S/C17H17ClN2O2/c1-21-16-6-3-12(9-17(16)22-2)7-8-20-15-5-4-14(18)10-13(15)11-19/h3-6,9-10,20H,7-8H2,1-2H3.